The van der Waals surface area contributed by atoms with Gasteiger partial charge in [-0.3, -0.25) is 4.79 Å². The van der Waals surface area contributed by atoms with Crippen LogP contribution in [-0.4, -0.2) is 36.5 Å². The molecule has 1 fully saturated rings. The van der Waals surface area contributed by atoms with Gasteiger partial charge in [-0.1, -0.05) is 86.4 Å². The van der Waals surface area contributed by atoms with E-state index >= 15 is 8.78 Å². The van der Waals surface area contributed by atoms with Gasteiger partial charge in [0, 0.05) is 34.4 Å². The number of amides is 1. The van der Waals surface area contributed by atoms with Crippen LogP contribution in [0.2, 0.25) is 10.0 Å². The van der Waals surface area contributed by atoms with Crippen molar-refractivity contribution in [2.24, 2.45) is 5.41 Å². The molecular formula is C39H34Cl2F3N3O3. The molecule has 1 aliphatic rings. The number of anilines is 1. The average molecular weight is 721 g/mol. The standard InChI is InChI=1S/C39H34Cl2F3N3O3/c1-38(2,3)21-32-39(22-45,28-17-14-25(40)20-31(28)43)33(27-9-7-10-29(41)34(27)44)35(47(32)19-18-23-8-5-6-11-30(23)42)36(48)46-26-15-12-24(13-16-26)37(49)50-4/h5-17,20-21,33,35H,18-19H2,1-4H3,(H,46,48)/b32-21+/t33-,35+,39-/m0/s1. The molecular weight excluding hydrogens is 686 g/mol. The Hall–Kier alpha value is -4.78. The highest BCUT2D eigenvalue weighted by Crippen LogP contribution is 2.57. The molecule has 4 aromatic rings. The molecule has 1 N–H and O–H groups in total. The molecule has 0 aromatic heterocycles. The van der Waals surface area contributed by atoms with Crippen molar-refractivity contribution in [1.82, 2.24) is 4.90 Å². The first-order valence-electron chi connectivity index (χ1n) is 15.7. The Bertz CT molecular complexity index is 2010. The maximum atomic E-state index is 16.3. The summed E-state index contributed by atoms with van der Waals surface area (Å²) in [7, 11) is 1.25. The van der Waals surface area contributed by atoms with E-state index in [1.165, 1.54) is 67.8 Å². The van der Waals surface area contributed by atoms with E-state index < -0.39 is 52.1 Å². The third kappa shape index (κ3) is 7.09. The summed E-state index contributed by atoms with van der Waals surface area (Å²) in [5.41, 5.74) is -1.78. The molecule has 258 valence electrons. The van der Waals surface area contributed by atoms with E-state index in [9.17, 15) is 19.2 Å². The van der Waals surface area contributed by atoms with Crippen LogP contribution in [0, 0.1) is 34.2 Å². The molecule has 0 unspecified atom stereocenters. The summed E-state index contributed by atoms with van der Waals surface area (Å²) in [5, 5.41) is 14.0. The molecule has 0 bridgehead atoms. The Kier molecular flexibility index (Phi) is 10.7. The smallest absolute Gasteiger partial charge is 0.337 e. The van der Waals surface area contributed by atoms with Gasteiger partial charge in [-0.25, -0.2) is 18.0 Å². The zero-order chi connectivity index (χ0) is 36.4. The van der Waals surface area contributed by atoms with Crippen LogP contribution in [0.15, 0.2) is 96.7 Å². The van der Waals surface area contributed by atoms with E-state index in [1.807, 2.05) is 20.8 Å². The van der Waals surface area contributed by atoms with Gasteiger partial charge >= 0.3 is 5.97 Å². The number of esters is 1. The van der Waals surface area contributed by atoms with Crippen molar-refractivity contribution in [3.05, 3.63) is 146 Å². The number of carbonyl (C=O) groups excluding carboxylic acids is 2. The molecule has 1 amide bonds. The molecule has 0 radical (unpaired) electrons. The first-order chi connectivity index (χ1) is 23.7. The van der Waals surface area contributed by atoms with Gasteiger partial charge in [0.25, 0.3) is 0 Å². The minimum absolute atomic E-state index is 0.0143. The highest BCUT2D eigenvalue weighted by molar-refractivity contribution is 6.31. The van der Waals surface area contributed by atoms with Crippen molar-refractivity contribution in [3.8, 4) is 6.07 Å². The highest BCUT2D eigenvalue weighted by Gasteiger charge is 2.62. The van der Waals surface area contributed by atoms with Crippen LogP contribution in [0.1, 0.15) is 53.7 Å². The lowest BCUT2D eigenvalue weighted by molar-refractivity contribution is -0.120. The molecule has 0 aliphatic carbocycles. The second kappa shape index (κ2) is 14.6. The molecule has 3 atom stereocenters. The minimum atomic E-state index is -2.01. The number of methoxy groups -OCH3 is 1. The summed E-state index contributed by atoms with van der Waals surface area (Å²) in [6.45, 7) is 5.61. The molecule has 6 nitrogen and oxygen atoms in total. The van der Waals surface area contributed by atoms with Crippen LogP contribution in [0.25, 0.3) is 0 Å². The third-order valence-corrected chi connectivity index (χ3v) is 9.20. The topological polar surface area (TPSA) is 82.4 Å². The average Bonchev–Trinajstić information content (AvgIpc) is 3.33. The van der Waals surface area contributed by atoms with Gasteiger partial charge in [-0.2, -0.15) is 5.26 Å². The number of allylic oxidation sites excluding steroid dienone is 2. The Morgan fingerprint density at radius 1 is 0.980 bits per heavy atom. The van der Waals surface area contributed by atoms with Crippen molar-refractivity contribution in [1.29, 1.82) is 5.26 Å². The Morgan fingerprint density at radius 2 is 1.68 bits per heavy atom. The van der Waals surface area contributed by atoms with Crippen molar-refractivity contribution in [2.75, 3.05) is 19.0 Å². The molecule has 0 spiro atoms. The summed E-state index contributed by atoms with van der Waals surface area (Å²) in [4.78, 5) is 28.4. The lowest BCUT2D eigenvalue weighted by Gasteiger charge is -2.33. The summed E-state index contributed by atoms with van der Waals surface area (Å²) < 4.78 is 52.3. The van der Waals surface area contributed by atoms with Crippen molar-refractivity contribution >= 4 is 40.8 Å². The van der Waals surface area contributed by atoms with Crippen molar-refractivity contribution in [3.63, 3.8) is 0 Å². The van der Waals surface area contributed by atoms with Crippen LogP contribution < -0.4 is 5.32 Å². The largest absolute Gasteiger partial charge is 0.465 e. The van der Waals surface area contributed by atoms with Crippen LogP contribution in [0.5, 0.6) is 0 Å². The highest BCUT2D eigenvalue weighted by atomic mass is 35.5. The summed E-state index contributed by atoms with van der Waals surface area (Å²) >= 11 is 12.5. The first-order valence-corrected chi connectivity index (χ1v) is 16.5. The number of hydrogen-bond acceptors (Lipinski definition) is 5. The summed E-state index contributed by atoms with van der Waals surface area (Å²) in [6.07, 6.45) is 1.85. The molecule has 11 heteroatoms. The third-order valence-electron chi connectivity index (χ3n) is 8.67. The number of halogens is 5. The van der Waals surface area contributed by atoms with E-state index in [-0.39, 0.29) is 51.1 Å². The molecule has 1 heterocycles. The normalized spacial score (nSPS) is 19.7. The van der Waals surface area contributed by atoms with Gasteiger partial charge in [0.1, 0.15) is 28.9 Å². The monoisotopic (exact) mass is 719 g/mol. The Morgan fingerprint density at radius 3 is 2.30 bits per heavy atom. The van der Waals surface area contributed by atoms with Crippen molar-refractivity contribution in [2.45, 2.75) is 44.6 Å². The Balaban J connectivity index is 1.81. The quantitative estimate of drug-likeness (QED) is 0.184. The van der Waals surface area contributed by atoms with E-state index in [1.54, 1.807) is 29.2 Å². The maximum absolute atomic E-state index is 16.3. The fourth-order valence-electron chi connectivity index (χ4n) is 6.54. The minimum Gasteiger partial charge on any atom is -0.465 e. The van der Waals surface area contributed by atoms with Gasteiger partial charge in [0.05, 0.1) is 23.8 Å². The van der Waals surface area contributed by atoms with E-state index in [0.29, 0.717) is 5.56 Å². The number of likely N-dealkylation sites (tertiary alicyclic amines) is 1. The van der Waals surface area contributed by atoms with Crippen LogP contribution in [0.4, 0.5) is 18.9 Å². The van der Waals surface area contributed by atoms with Gasteiger partial charge in [-0.05, 0) is 71.5 Å². The second-order valence-electron chi connectivity index (χ2n) is 13.1. The van der Waals surface area contributed by atoms with Crippen LogP contribution >= 0.6 is 23.2 Å². The number of ether oxygens (including phenoxy) is 1. The molecule has 4 aromatic carbocycles. The summed E-state index contributed by atoms with van der Waals surface area (Å²) in [5.74, 6) is -4.80. The zero-order valence-electron chi connectivity index (χ0n) is 27.7. The van der Waals surface area contributed by atoms with E-state index in [0.717, 1.165) is 6.07 Å². The fraction of sp³-hybridized carbons (Fsp3) is 0.256. The van der Waals surface area contributed by atoms with Gasteiger partial charge < -0.3 is 15.0 Å². The molecule has 1 saturated heterocycles. The number of nitriles is 1. The number of carbonyl (C=O) groups is 2. The van der Waals surface area contributed by atoms with Crippen molar-refractivity contribution < 1.29 is 27.5 Å². The summed E-state index contributed by atoms with van der Waals surface area (Å²) in [6, 6.07) is 21.2. The second-order valence-corrected chi connectivity index (χ2v) is 13.9. The van der Waals surface area contributed by atoms with E-state index in [4.69, 9.17) is 27.9 Å². The predicted octanol–water partition coefficient (Wildman–Crippen LogP) is 9.24. The zero-order valence-corrected chi connectivity index (χ0v) is 29.3. The molecule has 0 saturated carbocycles. The number of nitrogens with zero attached hydrogens (tertiary/aromatic N) is 2. The number of hydrogen-bond donors (Lipinski definition) is 1. The Labute approximate surface area is 299 Å². The molecule has 1 aliphatic heterocycles. The van der Waals surface area contributed by atoms with E-state index in [2.05, 4.69) is 11.4 Å². The van der Waals surface area contributed by atoms with Gasteiger partial charge in [0.15, 0.2) is 0 Å². The molecule has 50 heavy (non-hydrogen) atoms. The molecule has 5 rings (SSSR count). The number of rotatable bonds is 8. The fourth-order valence-corrected chi connectivity index (χ4v) is 6.88. The first kappa shape index (κ1) is 36.5. The number of nitrogens with one attached hydrogen (secondary N) is 1. The van der Waals surface area contributed by atoms with Crippen LogP contribution in [0.3, 0.4) is 0 Å². The number of benzene rings is 4. The van der Waals surface area contributed by atoms with Gasteiger partial charge in [0.2, 0.25) is 5.91 Å². The van der Waals surface area contributed by atoms with Gasteiger partial charge in [-0.15, -0.1) is 0 Å². The maximum Gasteiger partial charge on any atom is 0.337 e. The lowest BCUT2D eigenvalue weighted by Crippen LogP contribution is -2.43. The lowest BCUT2D eigenvalue weighted by atomic mass is 9.65. The predicted molar refractivity (Wildman–Crippen MR) is 187 cm³/mol. The SMILES string of the molecule is COC(=O)c1ccc(NC(=O)[C@H]2[C@H](c3cccc(Cl)c3F)[C@@](C#N)(c3ccc(Cl)cc3F)/C(=C\C(C)(C)C)N2CCc2ccccc2F)cc1. The van der Waals surface area contributed by atoms with Crippen LogP contribution in [-0.2, 0) is 21.4 Å².